The third-order valence-corrected chi connectivity index (χ3v) is 3.88. The van der Waals surface area contributed by atoms with Crippen LogP contribution in [0.4, 0.5) is 0 Å². The van der Waals surface area contributed by atoms with Gasteiger partial charge in [0.15, 0.2) is 16.9 Å². The van der Waals surface area contributed by atoms with E-state index in [0.29, 0.717) is 0 Å². The highest BCUT2D eigenvalue weighted by atomic mass is 16.5. The Morgan fingerprint density at radius 1 is 0.962 bits per heavy atom. The van der Waals surface area contributed by atoms with Crippen LogP contribution in [0, 0.1) is 0 Å². The summed E-state index contributed by atoms with van der Waals surface area (Å²) in [5, 5.41) is 32.2. The Kier molecular flexibility index (Phi) is 4.25. The summed E-state index contributed by atoms with van der Waals surface area (Å²) >= 11 is 0. The molecule has 2 aromatic carbocycles. The van der Waals surface area contributed by atoms with Gasteiger partial charge in [0.2, 0.25) is 5.75 Å². The average molecular weight is 359 g/mol. The van der Waals surface area contributed by atoms with Gasteiger partial charge in [-0.1, -0.05) is 0 Å². The summed E-state index contributed by atoms with van der Waals surface area (Å²) in [5.74, 6) is -1.58. The molecule has 0 amide bonds. The first kappa shape index (κ1) is 17.3. The minimum absolute atomic E-state index is 0.0209. The van der Waals surface area contributed by atoms with Gasteiger partial charge >= 0.3 is 0 Å². The summed E-state index contributed by atoms with van der Waals surface area (Å²) in [7, 11) is 4.04. The zero-order chi connectivity index (χ0) is 19.0. The molecule has 8 nitrogen and oxygen atoms in total. The largest absolute Gasteiger partial charge is 0.867 e. The maximum atomic E-state index is 12.5. The summed E-state index contributed by atoms with van der Waals surface area (Å²) in [6, 6.07) is 5.27. The van der Waals surface area contributed by atoms with E-state index >= 15 is 0 Å². The van der Waals surface area contributed by atoms with Gasteiger partial charge < -0.3 is 33.9 Å². The van der Waals surface area contributed by atoms with E-state index in [9.17, 15) is 20.1 Å². The number of phenols is 2. The molecule has 0 fully saturated rings. The van der Waals surface area contributed by atoms with Gasteiger partial charge in [0.1, 0.15) is 28.2 Å². The number of hydrogen-bond acceptors (Lipinski definition) is 8. The first-order valence-electron chi connectivity index (χ1n) is 7.41. The highest BCUT2D eigenvalue weighted by Crippen LogP contribution is 2.42. The average Bonchev–Trinajstić information content (AvgIpc) is 2.64. The molecule has 2 N–H and O–H groups in total. The predicted molar refractivity (Wildman–Crippen MR) is 90.4 cm³/mol. The van der Waals surface area contributed by atoms with Gasteiger partial charge in [-0.15, -0.1) is 0 Å². The van der Waals surface area contributed by atoms with Crippen molar-refractivity contribution in [2.75, 3.05) is 21.3 Å². The van der Waals surface area contributed by atoms with Crippen LogP contribution in [-0.2, 0) is 0 Å². The lowest BCUT2D eigenvalue weighted by Gasteiger charge is -2.16. The Labute approximate surface area is 147 Å². The van der Waals surface area contributed by atoms with Gasteiger partial charge in [-0.05, 0) is 17.9 Å². The Morgan fingerprint density at radius 3 is 2.12 bits per heavy atom. The smallest absolute Gasteiger partial charge is 0.200 e. The van der Waals surface area contributed by atoms with E-state index in [-0.39, 0.29) is 45.3 Å². The number of methoxy groups -OCH3 is 3. The molecule has 0 aliphatic heterocycles. The highest BCUT2D eigenvalue weighted by Gasteiger charge is 2.18. The summed E-state index contributed by atoms with van der Waals surface area (Å²) in [4.78, 5) is 12.4. The molecule has 26 heavy (non-hydrogen) atoms. The van der Waals surface area contributed by atoms with Crippen molar-refractivity contribution in [1.29, 1.82) is 0 Å². The maximum absolute atomic E-state index is 12.5. The molecular formula is C18H15O8-. The molecule has 3 rings (SSSR count). The molecule has 0 aliphatic rings. The van der Waals surface area contributed by atoms with Crippen LogP contribution < -0.4 is 24.7 Å². The van der Waals surface area contributed by atoms with Crippen molar-refractivity contribution in [2.45, 2.75) is 0 Å². The molecule has 0 saturated heterocycles. The molecule has 3 aromatic rings. The van der Waals surface area contributed by atoms with Crippen LogP contribution in [0.3, 0.4) is 0 Å². The molecule has 0 saturated carbocycles. The van der Waals surface area contributed by atoms with Crippen LogP contribution >= 0.6 is 0 Å². The second-order valence-corrected chi connectivity index (χ2v) is 5.34. The van der Waals surface area contributed by atoms with Crippen LogP contribution in [0.25, 0.3) is 22.3 Å². The second kappa shape index (κ2) is 6.40. The van der Waals surface area contributed by atoms with Crippen LogP contribution in [0.1, 0.15) is 0 Å². The number of phenolic OH excluding ortho intramolecular Hbond substituents is 2. The van der Waals surface area contributed by atoms with Gasteiger partial charge in [-0.2, -0.15) is 0 Å². The SMILES string of the molecule is COc1cc(O)c2c(=O)c([O-])c(-c3cc(OC)c(O)c(OC)c3)oc2c1. The van der Waals surface area contributed by atoms with Crippen molar-refractivity contribution in [1.82, 2.24) is 0 Å². The summed E-state index contributed by atoms with van der Waals surface area (Å²) < 4.78 is 20.7. The number of rotatable bonds is 4. The zero-order valence-corrected chi connectivity index (χ0v) is 14.2. The van der Waals surface area contributed by atoms with Crippen molar-refractivity contribution in [3.05, 3.63) is 34.5 Å². The topological polar surface area (TPSA) is 121 Å². The lowest BCUT2D eigenvalue weighted by molar-refractivity contribution is -0.270. The molecular weight excluding hydrogens is 344 g/mol. The summed E-state index contributed by atoms with van der Waals surface area (Å²) in [5.41, 5.74) is -0.775. The van der Waals surface area contributed by atoms with Crippen LogP contribution in [0.5, 0.6) is 34.5 Å². The molecule has 1 heterocycles. The number of ether oxygens (including phenoxy) is 3. The fourth-order valence-corrected chi connectivity index (χ4v) is 2.59. The van der Waals surface area contributed by atoms with E-state index in [1.54, 1.807) is 0 Å². The Bertz CT molecular complexity index is 1030. The Morgan fingerprint density at radius 2 is 1.58 bits per heavy atom. The molecule has 8 heteroatoms. The fourth-order valence-electron chi connectivity index (χ4n) is 2.59. The molecule has 136 valence electrons. The van der Waals surface area contributed by atoms with Crippen molar-refractivity contribution < 1.29 is 33.9 Å². The Hall–Kier alpha value is -3.55. The van der Waals surface area contributed by atoms with E-state index in [4.69, 9.17) is 18.6 Å². The third kappa shape index (κ3) is 2.61. The minimum atomic E-state index is -0.951. The van der Waals surface area contributed by atoms with Gasteiger partial charge in [0.05, 0.1) is 21.3 Å². The highest BCUT2D eigenvalue weighted by molar-refractivity contribution is 5.88. The van der Waals surface area contributed by atoms with Gasteiger partial charge in [0, 0.05) is 17.7 Å². The fraction of sp³-hybridized carbons (Fsp3) is 0.167. The Balaban J connectivity index is 2.36. The molecule has 1 aromatic heterocycles. The molecule has 0 radical (unpaired) electrons. The lowest BCUT2D eigenvalue weighted by atomic mass is 10.1. The number of benzene rings is 2. The van der Waals surface area contributed by atoms with Crippen LogP contribution in [-0.4, -0.2) is 31.5 Å². The number of fused-ring (bicyclic) bond motifs is 1. The van der Waals surface area contributed by atoms with E-state index < -0.39 is 16.9 Å². The molecule has 0 aliphatic carbocycles. The monoisotopic (exact) mass is 359 g/mol. The van der Waals surface area contributed by atoms with Gasteiger partial charge in [0.25, 0.3) is 0 Å². The van der Waals surface area contributed by atoms with Crippen LogP contribution in [0.15, 0.2) is 33.5 Å². The van der Waals surface area contributed by atoms with Crippen LogP contribution in [0.2, 0.25) is 0 Å². The standard InChI is InChI=1S/C18H16O8/c1-23-9-6-10(19)14-11(7-9)26-18(17(22)16(14)21)8-4-12(24-2)15(20)13(5-8)25-3/h4-7,19-20,22H,1-3H3/p-1. The normalized spacial score (nSPS) is 10.7. The third-order valence-electron chi connectivity index (χ3n) is 3.88. The number of aromatic hydroxyl groups is 2. The van der Waals surface area contributed by atoms with E-state index in [1.807, 2.05) is 0 Å². The maximum Gasteiger partial charge on any atom is 0.200 e. The predicted octanol–water partition coefficient (Wildman–Crippen LogP) is 1.97. The number of hydrogen-bond donors (Lipinski definition) is 2. The summed E-state index contributed by atoms with van der Waals surface area (Å²) in [6.07, 6.45) is 0. The van der Waals surface area contributed by atoms with Crippen molar-refractivity contribution in [3.8, 4) is 45.8 Å². The molecule has 0 spiro atoms. The lowest BCUT2D eigenvalue weighted by Crippen LogP contribution is -2.11. The minimum Gasteiger partial charge on any atom is -0.867 e. The first-order chi connectivity index (χ1) is 12.4. The molecule has 0 atom stereocenters. The first-order valence-corrected chi connectivity index (χ1v) is 7.41. The van der Waals surface area contributed by atoms with Crippen molar-refractivity contribution >= 4 is 11.0 Å². The second-order valence-electron chi connectivity index (χ2n) is 5.34. The quantitative estimate of drug-likeness (QED) is 0.725. The van der Waals surface area contributed by atoms with E-state index in [2.05, 4.69) is 0 Å². The van der Waals surface area contributed by atoms with Gasteiger partial charge in [-0.3, -0.25) is 4.79 Å². The molecule has 0 bridgehead atoms. The van der Waals surface area contributed by atoms with Crippen molar-refractivity contribution in [2.24, 2.45) is 0 Å². The van der Waals surface area contributed by atoms with E-state index in [0.717, 1.165) is 0 Å². The molecule has 0 unspecified atom stereocenters. The zero-order valence-electron chi connectivity index (χ0n) is 14.2. The van der Waals surface area contributed by atoms with E-state index in [1.165, 1.54) is 45.6 Å². The van der Waals surface area contributed by atoms with Gasteiger partial charge in [-0.25, -0.2) is 0 Å². The summed E-state index contributed by atoms with van der Waals surface area (Å²) in [6.45, 7) is 0. The van der Waals surface area contributed by atoms with Crippen molar-refractivity contribution in [3.63, 3.8) is 0 Å².